The number of amides is 1. The average Bonchev–Trinajstić information content (AvgIpc) is 2.92. The minimum atomic E-state index is 0.0652. The quantitative estimate of drug-likeness (QED) is 0.871. The number of benzene rings is 1. The molecule has 1 fully saturated rings. The van der Waals surface area contributed by atoms with Crippen LogP contribution in [0.25, 0.3) is 5.69 Å². The zero-order chi connectivity index (χ0) is 14.7. The van der Waals surface area contributed by atoms with Crippen LogP contribution in [-0.2, 0) is 11.3 Å². The molecule has 0 spiro atoms. The second-order valence-electron chi connectivity index (χ2n) is 5.55. The Morgan fingerprint density at radius 1 is 1.43 bits per heavy atom. The molecule has 5 heteroatoms. The smallest absolute Gasteiger partial charge is 0.223 e. The molecular formula is C16H20N4O. The summed E-state index contributed by atoms with van der Waals surface area (Å²) in [6.07, 6.45) is 3.74. The Balaban J connectivity index is 1.56. The third-order valence-corrected chi connectivity index (χ3v) is 4.06. The Hall–Kier alpha value is -2.14. The van der Waals surface area contributed by atoms with E-state index in [1.165, 1.54) is 0 Å². The lowest BCUT2D eigenvalue weighted by Gasteiger charge is -2.31. The van der Waals surface area contributed by atoms with Crippen molar-refractivity contribution in [1.29, 1.82) is 0 Å². The fourth-order valence-corrected chi connectivity index (χ4v) is 2.40. The Labute approximate surface area is 124 Å². The number of hydrogen-bond donors (Lipinski definition) is 2. The van der Waals surface area contributed by atoms with Crippen molar-refractivity contribution >= 4 is 5.91 Å². The standard InChI is InChI=1S/C16H20N4O/c1-12(14-9-17-10-14)16(21)18-7-13-8-19-20(11-13)15-5-3-2-4-6-15/h2-6,8,11-12,14,17H,7,9-10H2,1H3,(H,18,21). The topological polar surface area (TPSA) is 59.0 Å². The molecule has 1 aliphatic heterocycles. The highest BCUT2D eigenvalue weighted by Gasteiger charge is 2.28. The molecule has 0 radical (unpaired) electrons. The number of carbonyl (C=O) groups excluding carboxylic acids is 1. The summed E-state index contributed by atoms with van der Waals surface area (Å²) in [4.78, 5) is 12.1. The molecule has 21 heavy (non-hydrogen) atoms. The normalized spacial score (nSPS) is 16.2. The molecule has 1 aromatic heterocycles. The van der Waals surface area contributed by atoms with Crippen molar-refractivity contribution in [2.24, 2.45) is 11.8 Å². The van der Waals surface area contributed by atoms with Gasteiger partial charge in [-0.25, -0.2) is 4.68 Å². The van der Waals surface area contributed by atoms with Gasteiger partial charge in [0.1, 0.15) is 0 Å². The first-order valence-corrected chi connectivity index (χ1v) is 7.31. The van der Waals surface area contributed by atoms with Gasteiger partial charge in [-0.2, -0.15) is 5.10 Å². The van der Waals surface area contributed by atoms with E-state index in [4.69, 9.17) is 0 Å². The van der Waals surface area contributed by atoms with Crippen LogP contribution >= 0.6 is 0 Å². The van der Waals surface area contributed by atoms with E-state index < -0.39 is 0 Å². The SMILES string of the molecule is CC(C(=O)NCc1cnn(-c2ccccc2)c1)C1CNC1. The van der Waals surface area contributed by atoms with Gasteiger partial charge in [0.2, 0.25) is 5.91 Å². The summed E-state index contributed by atoms with van der Waals surface area (Å²) in [5.74, 6) is 0.654. The number of para-hydroxylation sites is 1. The lowest BCUT2D eigenvalue weighted by molar-refractivity contribution is -0.126. The van der Waals surface area contributed by atoms with E-state index in [0.29, 0.717) is 12.5 Å². The van der Waals surface area contributed by atoms with E-state index in [2.05, 4.69) is 15.7 Å². The average molecular weight is 284 g/mol. The van der Waals surface area contributed by atoms with E-state index in [9.17, 15) is 4.79 Å². The molecule has 1 aliphatic rings. The molecule has 2 heterocycles. The summed E-state index contributed by atoms with van der Waals surface area (Å²) in [5.41, 5.74) is 2.02. The number of rotatable bonds is 5. The third kappa shape index (κ3) is 3.13. The van der Waals surface area contributed by atoms with Gasteiger partial charge in [0.15, 0.2) is 0 Å². The Kier molecular flexibility index (Phi) is 4.01. The summed E-state index contributed by atoms with van der Waals surface area (Å²) in [7, 11) is 0. The highest BCUT2D eigenvalue weighted by atomic mass is 16.1. The maximum Gasteiger partial charge on any atom is 0.223 e. The van der Waals surface area contributed by atoms with E-state index in [-0.39, 0.29) is 11.8 Å². The van der Waals surface area contributed by atoms with Crippen molar-refractivity contribution < 1.29 is 4.79 Å². The zero-order valence-corrected chi connectivity index (χ0v) is 12.1. The molecule has 1 aromatic carbocycles. The molecule has 1 unspecified atom stereocenters. The minimum absolute atomic E-state index is 0.0652. The first-order chi connectivity index (χ1) is 10.2. The second kappa shape index (κ2) is 6.10. The molecule has 1 saturated heterocycles. The maximum absolute atomic E-state index is 12.1. The predicted molar refractivity (Wildman–Crippen MR) is 80.9 cm³/mol. The Morgan fingerprint density at radius 3 is 2.86 bits per heavy atom. The molecular weight excluding hydrogens is 264 g/mol. The van der Waals surface area contributed by atoms with Crippen LogP contribution in [-0.4, -0.2) is 28.8 Å². The number of nitrogens with one attached hydrogen (secondary N) is 2. The minimum Gasteiger partial charge on any atom is -0.352 e. The van der Waals surface area contributed by atoms with Gasteiger partial charge < -0.3 is 10.6 Å². The lowest BCUT2D eigenvalue weighted by Crippen LogP contribution is -2.49. The number of aromatic nitrogens is 2. The van der Waals surface area contributed by atoms with Crippen molar-refractivity contribution in [3.05, 3.63) is 48.3 Å². The van der Waals surface area contributed by atoms with Crippen LogP contribution < -0.4 is 10.6 Å². The number of carbonyl (C=O) groups is 1. The molecule has 3 rings (SSSR count). The molecule has 0 bridgehead atoms. The zero-order valence-electron chi connectivity index (χ0n) is 12.1. The van der Waals surface area contributed by atoms with Gasteiger partial charge >= 0.3 is 0 Å². The van der Waals surface area contributed by atoms with Gasteiger partial charge in [-0.3, -0.25) is 4.79 Å². The van der Waals surface area contributed by atoms with E-state index >= 15 is 0 Å². The lowest BCUT2D eigenvalue weighted by atomic mass is 9.88. The van der Waals surface area contributed by atoms with Gasteiger partial charge in [-0.05, 0) is 31.1 Å². The van der Waals surface area contributed by atoms with Crippen molar-refractivity contribution in [2.75, 3.05) is 13.1 Å². The van der Waals surface area contributed by atoms with E-state index in [1.807, 2.05) is 48.1 Å². The number of hydrogen-bond acceptors (Lipinski definition) is 3. The van der Waals surface area contributed by atoms with Gasteiger partial charge in [-0.1, -0.05) is 25.1 Å². The molecule has 110 valence electrons. The molecule has 1 amide bonds. The third-order valence-electron chi connectivity index (χ3n) is 4.06. The molecule has 0 saturated carbocycles. The van der Waals surface area contributed by atoms with Crippen LogP contribution in [0.15, 0.2) is 42.7 Å². The highest BCUT2D eigenvalue weighted by molar-refractivity contribution is 5.78. The van der Waals surface area contributed by atoms with Crippen LogP contribution in [0.1, 0.15) is 12.5 Å². The Morgan fingerprint density at radius 2 is 2.19 bits per heavy atom. The van der Waals surface area contributed by atoms with Crippen LogP contribution in [0.3, 0.4) is 0 Å². The second-order valence-corrected chi connectivity index (χ2v) is 5.55. The summed E-state index contributed by atoms with van der Waals surface area (Å²) in [5, 5.41) is 10.5. The van der Waals surface area contributed by atoms with E-state index in [0.717, 1.165) is 24.3 Å². The Bertz CT molecular complexity index is 604. The van der Waals surface area contributed by atoms with Crippen LogP contribution in [0.5, 0.6) is 0 Å². The molecule has 1 atom stereocenters. The highest BCUT2D eigenvalue weighted by Crippen LogP contribution is 2.16. The van der Waals surface area contributed by atoms with Crippen LogP contribution in [0.4, 0.5) is 0 Å². The van der Waals surface area contributed by atoms with Crippen molar-refractivity contribution in [3.8, 4) is 5.69 Å². The number of nitrogens with zero attached hydrogens (tertiary/aromatic N) is 2. The van der Waals surface area contributed by atoms with Crippen molar-refractivity contribution in [2.45, 2.75) is 13.5 Å². The van der Waals surface area contributed by atoms with Crippen LogP contribution in [0.2, 0.25) is 0 Å². The first kappa shape index (κ1) is 13.8. The summed E-state index contributed by atoms with van der Waals surface area (Å²) < 4.78 is 1.82. The van der Waals surface area contributed by atoms with Crippen molar-refractivity contribution in [3.63, 3.8) is 0 Å². The molecule has 2 aromatic rings. The fraction of sp³-hybridized carbons (Fsp3) is 0.375. The van der Waals surface area contributed by atoms with E-state index in [1.54, 1.807) is 6.20 Å². The molecule has 0 aliphatic carbocycles. The molecule has 2 N–H and O–H groups in total. The monoisotopic (exact) mass is 284 g/mol. The maximum atomic E-state index is 12.1. The largest absolute Gasteiger partial charge is 0.352 e. The summed E-state index contributed by atoms with van der Waals surface area (Å²) in [6, 6.07) is 9.94. The fourth-order valence-electron chi connectivity index (χ4n) is 2.40. The summed E-state index contributed by atoms with van der Waals surface area (Å²) >= 11 is 0. The van der Waals surface area contributed by atoms with Gasteiger partial charge in [-0.15, -0.1) is 0 Å². The first-order valence-electron chi connectivity index (χ1n) is 7.31. The summed E-state index contributed by atoms with van der Waals surface area (Å²) in [6.45, 7) is 4.41. The predicted octanol–water partition coefficient (Wildman–Crippen LogP) is 1.34. The molecule has 5 nitrogen and oxygen atoms in total. The van der Waals surface area contributed by atoms with Gasteiger partial charge in [0, 0.05) is 24.2 Å². The van der Waals surface area contributed by atoms with Crippen LogP contribution in [0, 0.1) is 11.8 Å². The van der Waals surface area contributed by atoms with Gasteiger partial charge in [0.25, 0.3) is 0 Å². The van der Waals surface area contributed by atoms with Gasteiger partial charge in [0.05, 0.1) is 11.9 Å². The van der Waals surface area contributed by atoms with Crippen molar-refractivity contribution in [1.82, 2.24) is 20.4 Å².